The molecule has 0 aromatic heterocycles. The Kier molecular flexibility index (Phi) is 6.46. The maximum absolute atomic E-state index is 12.9. The molecule has 2 N–H and O–H groups in total. The van der Waals surface area contributed by atoms with Gasteiger partial charge in [-0.15, -0.1) is 0 Å². The lowest BCUT2D eigenvalue weighted by Gasteiger charge is -2.32. The first kappa shape index (κ1) is 21.5. The third-order valence-electron chi connectivity index (χ3n) is 5.51. The van der Waals surface area contributed by atoms with Crippen LogP contribution in [0.1, 0.15) is 11.6 Å². The molecule has 4 rings (SSSR count). The molecular formula is C23H26N6O3. The van der Waals surface area contributed by atoms with Crippen molar-refractivity contribution in [2.45, 2.75) is 12.1 Å². The summed E-state index contributed by atoms with van der Waals surface area (Å²) in [6.07, 6.45) is 0. The summed E-state index contributed by atoms with van der Waals surface area (Å²) < 4.78 is 5.75. The SMILES string of the molecule is C=N/C(=N\N1CCNC(c2ccccc2)C1)C(=O)N[C@H]1COc2ccccc2N(C)C1=O. The highest BCUT2D eigenvalue weighted by Gasteiger charge is 2.31. The third-order valence-corrected chi connectivity index (χ3v) is 5.51. The molecule has 2 aromatic rings. The number of rotatable bonds is 3. The van der Waals surface area contributed by atoms with Crippen molar-refractivity contribution in [1.29, 1.82) is 0 Å². The van der Waals surface area contributed by atoms with Crippen LogP contribution >= 0.6 is 0 Å². The van der Waals surface area contributed by atoms with E-state index >= 15 is 0 Å². The smallest absolute Gasteiger partial charge is 0.291 e. The first-order chi connectivity index (χ1) is 15.6. The van der Waals surface area contributed by atoms with Crippen molar-refractivity contribution in [1.82, 2.24) is 15.6 Å². The fourth-order valence-corrected chi connectivity index (χ4v) is 3.80. The Morgan fingerprint density at radius 2 is 1.94 bits per heavy atom. The van der Waals surface area contributed by atoms with Crippen molar-refractivity contribution in [3.8, 4) is 5.75 Å². The van der Waals surface area contributed by atoms with Crippen molar-refractivity contribution < 1.29 is 14.3 Å². The number of aliphatic imine (C=N–C) groups is 1. The Morgan fingerprint density at radius 3 is 2.72 bits per heavy atom. The molecule has 9 nitrogen and oxygen atoms in total. The molecule has 0 radical (unpaired) electrons. The van der Waals surface area contributed by atoms with Crippen LogP contribution in [0.25, 0.3) is 0 Å². The van der Waals surface area contributed by atoms with Crippen LogP contribution in [0, 0.1) is 0 Å². The highest BCUT2D eigenvalue weighted by Crippen LogP contribution is 2.29. The number of amides is 2. The van der Waals surface area contributed by atoms with Gasteiger partial charge in [-0.05, 0) is 24.4 Å². The van der Waals surface area contributed by atoms with E-state index in [-0.39, 0.29) is 24.4 Å². The van der Waals surface area contributed by atoms with Gasteiger partial charge < -0.3 is 20.3 Å². The van der Waals surface area contributed by atoms with Crippen molar-refractivity contribution in [3.63, 3.8) is 0 Å². The molecule has 1 unspecified atom stereocenters. The number of para-hydroxylation sites is 2. The lowest BCUT2D eigenvalue weighted by molar-refractivity contribution is -0.124. The summed E-state index contributed by atoms with van der Waals surface area (Å²) in [6.45, 7) is 5.43. The normalized spacial score (nSPS) is 21.3. The summed E-state index contributed by atoms with van der Waals surface area (Å²) in [5, 5.41) is 12.4. The first-order valence-corrected chi connectivity index (χ1v) is 10.5. The third kappa shape index (κ3) is 4.62. The van der Waals surface area contributed by atoms with Crippen molar-refractivity contribution in [2.24, 2.45) is 10.1 Å². The van der Waals surface area contributed by atoms with E-state index in [1.165, 1.54) is 4.90 Å². The highest BCUT2D eigenvalue weighted by atomic mass is 16.5. The summed E-state index contributed by atoms with van der Waals surface area (Å²) in [6, 6.07) is 16.5. The van der Waals surface area contributed by atoms with E-state index in [4.69, 9.17) is 4.74 Å². The molecule has 0 saturated carbocycles. The number of hydrazone groups is 1. The molecule has 2 aliphatic heterocycles. The maximum atomic E-state index is 12.9. The number of carbonyl (C=O) groups excluding carboxylic acids is 2. The van der Waals surface area contributed by atoms with E-state index in [1.54, 1.807) is 24.2 Å². The number of hydrogen-bond acceptors (Lipinski definition) is 6. The predicted octanol–water partition coefficient (Wildman–Crippen LogP) is 1.19. The molecule has 2 atom stereocenters. The van der Waals surface area contributed by atoms with Gasteiger partial charge in [0.2, 0.25) is 5.84 Å². The Hall–Kier alpha value is -3.72. The average molecular weight is 435 g/mol. The van der Waals surface area contributed by atoms with E-state index in [2.05, 4.69) is 39.6 Å². The molecule has 0 spiro atoms. The van der Waals surface area contributed by atoms with Gasteiger partial charge in [-0.2, -0.15) is 5.10 Å². The maximum Gasteiger partial charge on any atom is 0.291 e. The Morgan fingerprint density at radius 1 is 1.19 bits per heavy atom. The second kappa shape index (κ2) is 9.61. The van der Waals surface area contributed by atoms with Gasteiger partial charge in [0.05, 0.1) is 18.3 Å². The summed E-state index contributed by atoms with van der Waals surface area (Å²) in [5.74, 6) is -0.353. The fraction of sp³-hybridized carbons (Fsp3) is 0.304. The van der Waals surface area contributed by atoms with E-state index in [9.17, 15) is 9.59 Å². The van der Waals surface area contributed by atoms with E-state index in [1.807, 2.05) is 30.3 Å². The monoisotopic (exact) mass is 434 g/mol. The summed E-state index contributed by atoms with van der Waals surface area (Å²) in [4.78, 5) is 31.0. The van der Waals surface area contributed by atoms with Gasteiger partial charge in [-0.25, -0.2) is 4.99 Å². The minimum atomic E-state index is -0.869. The zero-order chi connectivity index (χ0) is 22.5. The van der Waals surface area contributed by atoms with Gasteiger partial charge in [-0.3, -0.25) is 14.6 Å². The molecule has 166 valence electrons. The largest absolute Gasteiger partial charge is 0.489 e. The Bertz CT molecular complexity index is 1030. The Balaban J connectivity index is 1.44. The van der Waals surface area contributed by atoms with Gasteiger partial charge in [0, 0.05) is 20.1 Å². The van der Waals surface area contributed by atoms with Crippen molar-refractivity contribution in [2.75, 3.05) is 38.2 Å². The number of nitrogens with one attached hydrogen (secondary N) is 2. The van der Waals surface area contributed by atoms with Crippen LogP contribution in [-0.4, -0.2) is 68.7 Å². The number of benzene rings is 2. The molecule has 2 heterocycles. The van der Waals surface area contributed by atoms with Gasteiger partial charge in [0.25, 0.3) is 11.8 Å². The van der Waals surface area contributed by atoms with Crippen LogP contribution < -0.4 is 20.3 Å². The lowest BCUT2D eigenvalue weighted by Crippen LogP contribution is -2.51. The van der Waals surface area contributed by atoms with Gasteiger partial charge in [-0.1, -0.05) is 42.5 Å². The standard InChI is InChI=1S/C23H26N6O3/c1-24-21(27-29-13-12-25-17(14-29)16-8-4-3-5-9-16)22(30)26-18-15-32-20-11-7-6-10-19(20)28(2)23(18)31/h3-11,17-18,25H,1,12-15H2,2H3,(H,26,30)/b27-21-/t17?,18-/m0/s1. The predicted molar refractivity (Wildman–Crippen MR) is 123 cm³/mol. The van der Waals surface area contributed by atoms with Crippen molar-refractivity contribution in [3.05, 3.63) is 60.2 Å². The zero-order valence-corrected chi connectivity index (χ0v) is 17.9. The fourth-order valence-electron chi connectivity index (χ4n) is 3.80. The highest BCUT2D eigenvalue weighted by molar-refractivity contribution is 6.39. The number of piperazine rings is 1. The topological polar surface area (TPSA) is 98.6 Å². The number of fused-ring (bicyclic) bond motifs is 1. The molecule has 2 amide bonds. The van der Waals surface area contributed by atoms with Crippen LogP contribution in [0.5, 0.6) is 5.75 Å². The van der Waals surface area contributed by atoms with Gasteiger partial charge in [0.1, 0.15) is 18.4 Å². The molecular weight excluding hydrogens is 408 g/mol. The van der Waals surface area contributed by atoms with E-state index in [0.717, 1.165) is 5.56 Å². The van der Waals surface area contributed by atoms with Crippen LogP contribution in [0.15, 0.2) is 64.7 Å². The zero-order valence-electron chi connectivity index (χ0n) is 17.9. The van der Waals surface area contributed by atoms with Crippen LogP contribution in [0.3, 0.4) is 0 Å². The van der Waals surface area contributed by atoms with Gasteiger partial charge in [0.15, 0.2) is 0 Å². The number of anilines is 1. The lowest BCUT2D eigenvalue weighted by atomic mass is 10.1. The second-order valence-electron chi connectivity index (χ2n) is 7.61. The molecule has 2 aromatic carbocycles. The average Bonchev–Trinajstić information content (AvgIpc) is 2.95. The van der Waals surface area contributed by atoms with Crippen molar-refractivity contribution >= 4 is 30.1 Å². The number of likely N-dealkylation sites (N-methyl/N-ethyl adjacent to an activating group) is 1. The molecule has 0 bridgehead atoms. The Labute approximate surface area is 186 Å². The number of nitrogens with zero attached hydrogens (tertiary/aromatic N) is 4. The molecule has 2 aliphatic rings. The van der Waals surface area contributed by atoms with Crippen LogP contribution in [0.4, 0.5) is 5.69 Å². The molecule has 1 saturated heterocycles. The summed E-state index contributed by atoms with van der Waals surface area (Å²) in [7, 11) is 1.65. The number of amidine groups is 1. The molecule has 1 fully saturated rings. The van der Waals surface area contributed by atoms with Crippen LogP contribution in [0.2, 0.25) is 0 Å². The van der Waals surface area contributed by atoms with E-state index in [0.29, 0.717) is 31.1 Å². The number of hydrogen-bond donors (Lipinski definition) is 2. The van der Waals surface area contributed by atoms with Crippen LogP contribution in [-0.2, 0) is 9.59 Å². The number of ether oxygens (including phenoxy) is 1. The number of carbonyl (C=O) groups is 2. The van der Waals surface area contributed by atoms with E-state index < -0.39 is 11.9 Å². The van der Waals surface area contributed by atoms with Gasteiger partial charge >= 0.3 is 0 Å². The quantitative estimate of drug-likeness (QED) is 0.559. The second-order valence-corrected chi connectivity index (χ2v) is 7.61. The minimum absolute atomic E-state index is 0.0140. The summed E-state index contributed by atoms with van der Waals surface area (Å²) in [5.41, 5.74) is 1.80. The summed E-state index contributed by atoms with van der Waals surface area (Å²) >= 11 is 0. The molecule has 0 aliphatic carbocycles. The first-order valence-electron chi connectivity index (χ1n) is 10.5. The molecule has 9 heteroatoms. The minimum Gasteiger partial charge on any atom is -0.489 e. The molecule has 32 heavy (non-hydrogen) atoms.